The van der Waals surface area contributed by atoms with Gasteiger partial charge in [0, 0.05) is 18.8 Å². The van der Waals surface area contributed by atoms with Gasteiger partial charge in [0.05, 0.1) is 10.6 Å². The van der Waals surface area contributed by atoms with Crippen molar-refractivity contribution in [3.8, 4) is 0 Å². The molecular weight excluding hydrogens is 368 g/mol. The van der Waals surface area contributed by atoms with Gasteiger partial charge in [-0.05, 0) is 74.0 Å². The summed E-state index contributed by atoms with van der Waals surface area (Å²) in [6, 6.07) is 12.1. The van der Waals surface area contributed by atoms with Crippen LogP contribution in [-0.2, 0) is 22.8 Å². The van der Waals surface area contributed by atoms with Crippen LogP contribution >= 0.6 is 0 Å². The lowest BCUT2D eigenvalue weighted by Crippen LogP contribution is -2.31. The number of nitrogens with zero attached hydrogens (tertiary/aromatic N) is 1. The van der Waals surface area contributed by atoms with E-state index in [4.69, 9.17) is 5.73 Å². The van der Waals surface area contributed by atoms with Gasteiger partial charge >= 0.3 is 0 Å². The lowest BCUT2D eigenvalue weighted by Gasteiger charge is -2.28. The van der Waals surface area contributed by atoms with Crippen molar-refractivity contribution >= 4 is 15.5 Å². The van der Waals surface area contributed by atoms with Crippen LogP contribution in [0.2, 0.25) is 0 Å². The van der Waals surface area contributed by atoms with Crippen LogP contribution in [0.5, 0.6) is 0 Å². The van der Waals surface area contributed by atoms with Crippen LogP contribution in [0.15, 0.2) is 41.3 Å². The highest BCUT2D eigenvalue weighted by molar-refractivity contribution is 7.91. The zero-order valence-corrected chi connectivity index (χ0v) is 18.5. The van der Waals surface area contributed by atoms with Gasteiger partial charge in [-0.1, -0.05) is 38.1 Å². The molecule has 4 nitrogen and oxygen atoms in total. The second kappa shape index (κ2) is 10.1. The maximum Gasteiger partial charge on any atom is 0.178 e. The molecule has 0 fully saturated rings. The molecule has 154 valence electrons. The summed E-state index contributed by atoms with van der Waals surface area (Å²) in [6.45, 7) is 10.6. The number of nitrogens with two attached hydrogens (primary N) is 1. The first-order valence-corrected chi connectivity index (χ1v) is 11.9. The van der Waals surface area contributed by atoms with Crippen LogP contribution in [0.25, 0.3) is 0 Å². The van der Waals surface area contributed by atoms with Crippen LogP contribution < -0.4 is 5.73 Å². The third kappa shape index (κ3) is 5.58. The molecule has 5 heteroatoms. The SMILES string of the molecule is CC.Cc1cc(S(=O)(=O)CCCCN2CCc3ccccc3C2)c(C)cc1N. The number of sulfone groups is 1. The van der Waals surface area contributed by atoms with Gasteiger partial charge in [-0.15, -0.1) is 0 Å². The van der Waals surface area contributed by atoms with E-state index in [1.807, 2.05) is 27.7 Å². The van der Waals surface area contributed by atoms with Crippen molar-refractivity contribution in [2.75, 3.05) is 24.6 Å². The summed E-state index contributed by atoms with van der Waals surface area (Å²) in [6.07, 6.45) is 2.66. The minimum Gasteiger partial charge on any atom is -0.399 e. The van der Waals surface area contributed by atoms with E-state index in [0.29, 0.717) is 17.0 Å². The quantitative estimate of drug-likeness (QED) is 0.570. The van der Waals surface area contributed by atoms with Crippen molar-refractivity contribution in [3.63, 3.8) is 0 Å². The molecule has 2 aromatic carbocycles. The molecule has 0 unspecified atom stereocenters. The van der Waals surface area contributed by atoms with Crippen LogP contribution in [-0.4, -0.2) is 32.2 Å². The molecule has 0 saturated heterocycles. The first-order chi connectivity index (χ1) is 13.4. The highest BCUT2D eigenvalue weighted by atomic mass is 32.2. The largest absolute Gasteiger partial charge is 0.399 e. The molecule has 28 heavy (non-hydrogen) atoms. The molecular formula is C23H34N2O2S. The molecule has 1 aliphatic heterocycles. The summed E-state index contributed by atoms with van der Waals surface area (Å²) in [5.74, 6) is 0.196. The lowest BCUT2D eigenvalue weighted by molar-refractivity contribution is 0.250. The zero-order chi connectivity index (χ0) is 20.7. The van der Waals surface area contributed by atoms with E-state index in [-0.39, 0.29) is 5.75 Å². The maximum absolute atomic E-state index is 12.7. The summed E-state index contributed by atoms with van der Waals surface area (Å²) in [5.41, 5.74) is 10.9. The van der Waals surface area contributed by atoms with Crippen LogP contribution in [0.4, 0.5) is 5.69 Å². The van der Waals surface area contributed by atoms with E-state index in [9.17, 15) is 8.42 Å². The molecule has 0 saturated carbocycles. The van der Waals surface area contributed by atoms with Gasteiger partial charge in [-0.2, -0.15) is 0 Å². The van der Waals surface area contributed by atoms with E-state index < -0.39 is 9.84 Å². The van der Waals surface area contributed by atoms with Gasteiger partial charge in [0.15, 0.2) is 9.84 Å². The minimum atomic E-state index is -3.26. The van der Waals surface area contributed by atoms with Crippen molar-refractivity contribution in [2.45, 2.75) is 58.4 Å². The average Bonchev–Trinajstić information content (AvgIpc) is 2.69. The molecule has 1 heterocycles. The van der Waals surface area contributed by atoms with Crippen LogP contribution in [0.1, 0.15) is 48.9 Å². The fourth-order valence-corrected chi connectivity index (χ4v) is 5.34. The first-order valence-electron chi connectivity index (χ1n) is 10.3. The van der Waals surface area contributed by atoms with Gasteiger partial charge < -0.3 is 5.73 Å². The molecule has 3 rings (SSSR count). The van der Waals surface area contributed by atoms with Gasteiger partial charge in [0.25, 0.3) is 0 Å². The predicted molar refractivity (Wildman–Crippen MR) is 118 cm³/mol. The summed E-state index contributed by atoms with van der Waals surface area (Å²) in [5, 5.41) is 0. The van der Waals surface area contributed by atoms with Crippen LogP contribution in [0, 0.1) is 13.8 Å². The number of unbranched alkanes of at least 4 members (excludes halogenated alkanes) is 1. The van der Waals surface area contributed by atoms with E-state index >= 15 is 0 Å². The number of nitrogen functional groups attached to an aromatic ring is 1. The molecule has 1 aliphatic rings. The Morgan fingerprint density at radius 3 is 2.39 bits per heavy atom. The lowest BCUT2D eigenvalue weighted by atomic mass is 10.00. The number of aryl methyl sites for hydroxylation is 2. The summed E-state index contributed by atoms with van der Waals surface area (Å²) in [7, 11) is -3.26. The second-order valence-electron chi connectivity index (χ2n) is 7.30. The molecule has 2 N–H and O–H groups in total. The van der Waals surface area contributed by atoms with Gasteiger partial charge in [-0.25, -0.2) is 8.42 Å². The average molecular weight is 403 g/mol. The van der Waals surface area contributed by atoms with Crippen molar-refractivity contribution in [3.05, 3.63) is 58.7 Å². The number of hydrogen-bond donors (Lipinski definition) is 1. The van der Waals surface area contributed by atoms with Crippen LogP contribution in [0.3, 0.4) is 0 Å². The van der Waals surface area contributed by atoms with E-state index in [2.05, 4.69) is 29.2 Å². The smallest absolute Gasteiger partial charge is 0.178 e. The number of hydrogen-bond acceptors (Lipinski definition) is 4. The molecule has 0 atom stereocenters. The third-order valence-electron chi connectivity index (χ3n) is 5.25. The molecule has 0 aliphatic carbocycles. The fourth-order valence-electron chi connectivity index (χ4n) is 3.63. The molecule has 0 spiro atoms. The number of anilines is 1. The Morgan fingerprint density at radius 1 is 1.00 bits per heavy atom. The molecule has 2 aromatic rings. The van der Waals surface area contributed by atoms with E-state index in [0.717, 1.165) is 43.6 Å². The Balaban J connectivity index is 0.00000136. The zero-order valence-electron chi connectivity index (χ0n) is 17.7. The highest BCUT2D eigenvalue weighted by Crippen LogP contribution is 2.24. The maximum atomic E-state index is 12.7. The second-order valence-corrected chi connectivity index (χ2v) is 9.37. The molecule has 0 bridgehead atoms. The Bertz CT molecular complexity index is 891. The van der Waals surface area contributed by atoms with Gasteiger partial charge in [0.2, 0.25) is 0 Å². The Kier molecular flexibility index (Phi) is 8.08. The number of fused-ring (bicyclic) bond motifs is 1. The Hall–Kier alpha value is -1.85. The first kappa shape index (κ1) is 22.4. The van der Waals surface area contributed by atoms with E-state index in [1.165, 1.54) is 11.1 Å². The predicted octanol–water partition coefficient (Wildman–Crippen LogP) is 4.52. The van der Waals surface area contributed by atoms with Crippen molar-refractivity contribution in [1.29, 1.82) is 0 Å². The normalized spacial score (nSPS) is 14.1. The standard InChI is InChI=1S/C21H28N2O2S.C2H6/c1-16-14-21(17(2)13-20(16)22)26(24,25)12-6-5-10-23-11-9-18-7-3-4-8-19(18)15-23;1-2/h3-4,7-8,13-14H,5-6,9-12,15,22H2,1-2H3;1-2H3. The Morgan fingerprint density at radius 2 is 1.68 bits per heavy atom. The summed E-state index contributed by atoms with van der Waals surface area (Å²) in [4.78, 5) is 2.85. The number of rotatable bonds is 6. The highest BCUT2D eigenvalue weighted by Gasteiger charge is 2.19. The molecule has 0 aromatic heterocycles. The van der Waals surface area contributed by atoms with Crippen molar-refractivity contribution in [1.82, 2.24) is 4.90 Å². The van der Waals surface area contributed by atoms with E-state index in [1.54, 1.807) is 12.1 Å². The third-order valence-corrected chi connectivity index (χ3v) is 7.18. The minimum absolute atomic E-state index is 0.196. The van der Waals surface area contributed by atoms with Crippen molar-refractivity contribution in [2.24, 2.45) is 0 Å². The monoisotopic (exact) mass is 402 g/mol. The van der Waals surface area contributed by atoms with Crippen molar-refractivity contribution < 1.29 is 8.42 Å². The van der Waals surface area contributed by atoms with Gasteiger partial charge in [-0.3, -0.25) is 4.90 Å². The fraction of sp³-hybridized carbons (Fsp3) is 0.478. The Labute approximate surface area is 170 Å². The summed E-state index contributed by atoms with van der Waals surface area (Å²) < 4.78 is 25.4. The number of benzene rings is 2. The summed E-state index contributed by atoms with van der Waals surface area (Å²) >= 11 is 0. The molecule has 0 radical (unpaired) electrons. The topological polar surface area (TPSA) is 63.4 Å². The van der Waals surface area contributed by atoms with Gasteiger partial charge in [0.1, 0.15) is 0 Å². The molecule has 0 amide bonds.